The lowest BCUT2D eigenvalue weighted by Crippen LogP contribution is -2.28. The summed E-state index contributed by atoms with van der Waals surface area (Å²) >= 11 is 0. The fraction of sp³-hybridized carbons (Fsp3) is 0.500. The molecule has 1 aromatic carbocycles. The van der Waals surface area contributed by atoms with Gasteiger partial charge in [0.15, 0.2) is 17.5 Å². The van der Waals surface area contributed by atoms with Gasteiger partial charge in [-0.3, -0.25) is 0 Å². The highest BCUT2D eigenvalue weighted by molar-refractivity contribution is 5.36. The predicted octanol–water partition coefficient (Wildman–Crippen LogP) is 2.70. The summed E-state index contributed by atoms with van der Waals surface area (Å²) in [4.78, 5) is 0. The van der Waals surface area contributed by atoms with Crippen molar-refractivity contribution in [3.8, 4) is 0 Å². The Kier molecular flexibility index (Phi) is 3.49. The molecule has 6 heteroatoms. The number of halogens is 4. The Morgan fingerprint density at radius 1 is 0.611 bits per heavy atom. The Morgan fingerprint density at radius 2 is 0.889 bits per heavy atom. The van der Waals surface area contributed by atoms with Gasteiger partial charge >= 0.3 is 0 Å². The van der Waals surface area contributed by atoms with Crippen LogP contribution in [0, 0.1) is 23.3 Å². The first kappa shape index (κ1) is 14.9. The highest BCUT2D eigenvalue weighted by atomic mass is 19.2. The second-order valence-corrected chi connectivity index (χ2v) is 5.12. The van der Waals surface area contributed by atoms with Crippen LogP contribution >= 0.6 is 0 Å². The minimum Gasteiger partial charge on any atom is -0.386 e. The van der Waals surface area contributed by atoms with E-state index in [0.29, 0.717) is 0 Å². The molecule has 0 saturated heterocycles. The molecule has 18 heavy (non-hydrogen) atoms. The van der Waals surface area contributed by atoms with Gasteiger partial charge in [-0.25, -0.2) is 17.6 Å². The minimum absolute atomic E-state index is 1.02. The van der Waals surface area contributed by atoms with E-state index in [0.717, 1.165) is 27.7 Å². The van der Waals surface area contributed by atoms with Crippen LogP contribution < -0.4 is 0 Å². The average molecular weight is 266 g/mol. The molecular formula is C12H14F4O2. The molecule has 0 heterocycles. The van der Waals surface area contributed by atoms with Crippen LogP contribution in [0.25, 0.3) is 0 Å². The largest absolute Gasteiger partial charge is 0.386 e. The van der Waals surface area contributed by atoms with Gasteiger partial charge in [0.05, 0.1) is 22.3 Å². The maximum atomic E-state index is 14.0. The third kappa shape index (κ3) is 2.35. The summed E-state index contributed by atoms with van der Waals surface area (Å²) < 4.78 is 54.3. The molecule has 2 nitrogen and oxygen atoms in total. The highest BCUT2D eigenvalue weighted by Crippen LogP contribution is 2.36. The second-order valence-electron chi connectivity index (χ2n) is 5.12. The minimum atomic E-state index is -2.05. The van der Waals surface area contributed by atoms with E-state index in [2.05, 4.69) is 0 Å². The van der Waals surface area contributed by atoms with Gasteiger partial charge in [0.1, 0.15) is 5.82 Å². The molecule has 1 aromatic rings. The van der Waals surface area contributed by atoms with Crippen LogP contribution in [-0.4, -0.2) is 10.2 Å². The lowest BCUT2D eigenvalue weighted by molar-refractivity contribution is 0.0561. The zero-order valence-electron chi connectivity index (χ0n) is 10.4. The van der Waals surface area contributed by atoms with Crippen LogP contribution in [0.4, 0.5) is 17.6 Å². The Morgan fingerprint density at radius 3 is 1.11 bits per heavy atom. The molecule has 0 spiro atoms. The van der Waals surface area contributed by atoms with Gasteiger partial charge < -0.3 is 10.2 Å². The van der Waals surface area contributed by atoms with E-state index in [1.807, 2.05) is 0 Å². The second kappa shape index (κ2) is 4.20. The van der Waals surface area contributed by atoms with Gasteiger partial charge in [0.2, 0.25) is 0 Å². The summed E-state index contributed by atoms with van der Waals surface area (Å²) in [5, 5.41) is 19.2. The van der Waals surface area contributed by atoms with Gasteiger partial charge in [-0.1, -0.05) is 0 Å². The quantitative estimate of drug-likeness (QED) is 0.491. The SMILES string of the molecule is CC(C)(O)c1c(F)c(F)c(F)c(C(C)(C)O)c1F. The van der Waals surface area contributed by atoms with Crippen molar-refractivity contribution in [3.05, 3.63) is 34.4 Å². The van der Waals surface area contributed by atoms with Crippen molar-refractivity contribution in [2.24, 2.45) is 0 Å². The highest BCUT2D eigenvalue weighted by Gasteiger charge is 2.37. The summed E-state index contributed by atoms with van der Waals surface area (Å²) in [5.74, 6) is -7.02. The number of benzene rings is 1. The summed E-state index contributed by atoms with van der Waals surface area (Å²) in [5.41, 5.74) is -6.14. The molecule has 0 aromatic heterocycles. The normalized spacial score (nSPS) is 13.0. The zero-order chi connectivity index (χ0) is 14.5. The van der Waals surface area contributed by atoms with Crippen molar-refractivity contribution in [3.63, 3.8) is 0 Å². The molecule has 2 N–H and O–H groups in total. The molecule has 0 fully saturated rings. The molecule has 0 amide bonds. The Balaban J connectivity index is 3.83. The van der Waals surface area contributed by atoms with E-state index < -0.39 is 45.6 Å². The van der Waals surface area contributed by atoms with Gasteiger partial charge in [-0.05, 0) is 27.7 Å². The summed E-state index contributed by atoms with van der Waals surface area (Å²) in [6.07, 6.45) is 0. The lowest BCUT2D eigenvalue weighted by Gasteiger charge is -2.26. The van der Waals surface area contributed by atoms with E-state index in [1.165, 1.54) is 0 Å². The van der Waals surface area contributed by atoms with Crippen molar-refractivity contribution >= 4 is 0 Å². The summed E-state index contributed by atoms with van der Waals surface area (Å²) in [6.45, 7) is 4.11. The number of hydrogen-bond acceptors (Lipinski definition) is 2. The van der Waals surface area contributed by atoms with Crippen molar-refractivity contribution in [1.82, 2.24) is 0 Å². The first-order chi connectivity index (χ1) is 7.89. The van der Waals surface area contributed by atoms with E-state index >= 15 is 0 Å². The van der Waals surface area contributed by atoms with E-state index in [4.69, 9.17) is 0 Å². The third-order valence-corrected chi connectivity index (χ3v) is 2.49. The number of aliphatic hydroxyl groups is 2. The van der Waals surface area contributed by atoms with Gasteiger partial charge in [-0.15, -0.1) is 0 Å². The maximum Gasteiger partial charge on any atom is 0.195 e. The van der Waals surface area contributed by atoms with Crippen molar-refractivity contribution in [2.45, 2.75) is 38.9 Å². The number of rotatable bonds is 2. The van der Waals surface area contributed by atoms with Crippen molar-refractivity contribution in [2.75, 3.05) is 0 Å². The third-order valence-electron chi connectivity index (χ3n) is 2.49. The monoisotopic (exact) mass is 266 g/mol. The molecule has 0 atom stereocenters. The molecular weight excluding hydrogens is 252 g/mol. The van der Waals surface area contributed by atoms with Gasteiger partial charge in [0, 0.05) is 0 Å². The fourth-order valence-corrected chi connectivity index (χ4v) is 1.71. The molecule has 0 unspecified atom stereocenters. The summed E-state index contributed by atoms with van der Waals surface area (Å²) in [7, 11) is 0. The summed E-state index contributed by atoms with van der Waals surface area (Å²) in [6, 6.07) is 0. The van der Waals surface area contributed by atoms with Crippen molar-refractivity contribution < 1.29 is 27.8 Å². The van der Waals surface area contributed by atoms with E-state index in [1.54, 1.807) is 0 Å². The first-order valence-electron chi connectivity index (χ1n) is 5.20. The van der Waals surface area contributed by atoms with Crippen LogP contribution in [0.1, 0.15) is 38.8 Å². The molecule has 102 valence electrons. The maximum absolute atomic E-state index is 14.0. The fourth-order valence-electron chi connectivity index (χ4n) is 1.71. The van der Waals surface area contributed by atoms with E-state index in [-0.39, 0.29) is 0 Å². The van der Waals surface area contributed by atoms with Crippen LogP contribution in [-0.2, 0) is 11.2 Å². The zero-order valence-corrected chi connectivity index (χ0v) is 10.4. The average Bonchev–Trinajstić information content (AvgIpc) is 2.09. The number of hydrogen-bond donors (Lipinski definition) is 2. The molecule has 1 rings (SSSR count). The van der Waals surface area contributed by atoms with Crippen molar-refractivity contribution in [1.29, 1.82) is 0 Å². The van der Waals surface area contributed by atoms with Gasteiger partial charge in [-0.2, -0.15) is 0 Å². The Labute approximate surface area is 102 Å². The molecule has 0 aliphatic heterocycles. The first-order valence-corrected chi connectivity index (χ1v) is 5.20. The molecule has 0 aliphatic carbocycles. The molecule has 0 aliphatic rings. The van der Waals surface area contributed by atoms with Crippen LogP contribution in [0.2, 0.25) is 0 Å². The standard InChI is InChI=1S/C12H14F4O2/c1-11(2,17)5-7(13)6(12(3,4)18)9(15)10(16)8(5)14/h17-18H,1-4H3. The molecule has 0 radical (unpaired) electrons. The van der Waals surface area contributed by atoms with Crippen LogP contribution in [0.5, 0.6) is 0 Å². The molecule has 0 bridgehead atoms. The van der Waals surface area contributed by atoms with Gasteiger partial charge in [0.25, 0.3) is 0 Å². The lowest BCUT2D eigenvalue weighted by atomic mass is 9.88. The van der Waals surface area contributed by atoms with Crippen LogP contribution in [0.3, 0.4) is 0 Å². The van der Waals surface area contributed by atoms with Crippen LogP contribution in [0.15, 0.2) is 0 Å². The Bertz CT molecular complexity index is 443. The smallest absolute Gasteiger partial charge is 0.195 e. The Hall–Kier alpha value is -1.14. The van der Waals surface area contributed by atoms with E-state index in [9.17, 15) is 27.8 Å². The topological polar surface area (TPSA) is 40.5 Å². The predicted molar refractivity (Wildman–Crippen MR) is 56.8 cm³/mol. The molecule has 0 saturated carbocycles.